The van der Waals surface area contributed by atoms with Gasteiger partial charge in [-0.3, -0.25) is 9.59 Å². The number of carboxylic acids is 1. The number of nitrogens with zero attached hydrogens (tertiary/aromatic N) is 2. The molecule has 2 rings (SSSR count). The average Bonchev–Trinajstić information content (AvgIpc) is 2.89. The van der Waals surface area contributed by atoms with Crippen molar-refractivity contribution in [2.75, 3.05) is 13.1 Å². The molecular weight excluding hydrogens is 252 g/mol. The SMILES string of the molecule is O=C(O)C1CCCN(C(=O)CCc2nccs2)C1. The van der Waals surface area contributed by atoms with E-state index in [0.717, 1.165) is 11.4 Å². The molecule has 1 unspecified atom stereocenters. The molecule has 1 N–H and O–H groups in total. The Morgan fingerprint density at radius 2 is 2.39 bits per heavy atom. The van der Waals surface area contributed by atoms with Gasteiger partial charge in [0.2, 0.25) is 5.91 Å². The molecule has 0 aliphatic carbocycles. The Morgan fingerprint density at radius 1 is 1.56 bits per heavy atom. The molecule has 1 atom stereocenters. The molecule has 1 aromatic rings. The molecule has 0 aromatic carbocycles. The van der Waals surface area contributed by atoms with E-state index in [1.54, 1.807) is 22.4 Å². The number of hydrogen-bond donors (Lipinski definition) is 1. The lowest BCUT2D eigenvalue weighted by molar-refractivity contribution is -0.145. The van der Waals surface area contributed by atoms with Crippen molar-refractivity contribution in [2.45, 2.75) is 25.7 Å². The molecule has 0 saturated carbocycles. The lowest BCUT2D eigenvalue weighted by atomic mass is 9.98. The van der Waals surface area contributed by atoms with Gasteiger partial charge in [-0.25, -0.2) is 4.98 Å². The van der Waals surface area contributed by atoms with Crippen molar-refractivity contribution < 1.29 is 14.7 Å². The van der Waals surface area contributed by atoms with Crippen molar-refractivity contribution in [1.82, 2.24) is 9.88 Å². The van der Waals surface area contributed by atoms with Crippen LogP contribution in [0.15, 0.2) is 11.6 Å². The Balaban J connectivity index is 1.83. The van der Waals surface area contributed by atoms with Crippen LogP contribution in [0.3, 0.4) is 0 Å². The number of aromatic nitrogens is 1. The lowest BCUT2D eigenvalue weighted by Gasteiger charge is -2.30. The number of amides is 1. The second kappa shape index (κ2) is 5.95. The second-order valence-corrected chi connectivity index (χ2v) is 5.42. The summed E-state index contributed by atoms with van der Waals surface area (Å²) in [5.41, 5.74) is 0. The van der Waals surface area contributed by atoms with Gasteiger partial charge in [0.05, 0.1) is 10.9 Å². The fourth-order valence-corrected chi connectivity index (χ4v) is 2.77. The summed E-state index contributed by atoms with van der Waals surface area (Å²) in [5.74, 6) is -1.16. The van der Waals surface area contributed by atoms with E-state index in [1.807, 2.05) is 5.38 Å². The molecule has 2 heterocycles. The zero-order valence-corrected chi connectivity index (χ0v) is 10.9. The first kappa shape index (κ1) is 13.0. The topological polar surface area (TPSA) is 70.5 Å². The van der Waals surface area contributed by atoms with Gasteiger partial charge in [0.25, 0.3) is 0 Å². The molecule has 1 aliphatic heterocycles. The van der Waals surface area contributed by atoms with Crippen molar-refractivity contribution in [2.24, 2.45) is 5.92 Å². The van der Waals surface area contributed by atoms with E-state index < -0.39 is 11.9 Å². The van der Waals surface area contributed by atoms with E-state index >= 15 is 0 Å². The molecule has 1 fully saturated rings. The second-order valence-electron chi connectivity index (χ2n) is 4.44. The number of carbonyl (C=O) groups is 2. The maximum atomic E-state index is 12.0. The highest BCUT2D eigenvalue weighted by atomic mass is 32.1. The fourth-order valence-electron chi connectivity index (χ4n) is 2.15. The van der Waals surface area contributed by atoms with E-state index in [2.05, 4.69) is 4.98 Å². The summed E-state index contributed by atoms with van der Waals surface area (Å²) in [6.45, 7) is 1.03. The zero-order chi connectivity index (χ0) is 13.0. The number of thiazole rings is 1. The van der Waals surface area contributed by atoms with Crippen molar-refractivity contribution in [1.29, 1.82) is 0 Å². The van der Waals surface area contributed by atoms with Crippen LogP contribution >= 0.6 is 11.3 Å². The normalized spacial score (nSPS) is 19.8. The predicted octanol–water partition coefficient (Wildman–Crippen LogP) is 1.40. The zero-order valence-electron chi connectivity index (χ0n) is 10.0. The average molecular weight is 268 g/mol. The van der Waals surface area contributed by atoms with E-state index in [-0.39, 0.29) is 5.91 Å². The van der Waals surface area contributed by atoms with E-state index in [1.165, 1.54) is 0 Å². The van der Waals surface area contributed by atoms with Gasteiger partial charge < -0.3 is 10.0 Å². The van der Waals surface area contributed by atoms with Crippen molar-refractivity contribution in [3.05, 3.63) is 16.6 Å². The Hall–Kier alpha value is -1.43. The number of piperidine rings is 1. The van der Waals surface area contributed by atoms with Crippen LogP contribution in [0.2, 0.25) is 0 Å². The number of hydrogen-bond acceptors (Lipinski definition) is 4. The molecule has 1 saturated heterocycles. The molecule has 0 radical (unpaired) electrons. The first-order valence-corrected chi connectivity index (χ1v) is 6.93. The van der Waals surface area contributed by atoms with Gasteiger partial charge in [0, 0.05) is 37.5 Å². The number of carbonyl (C=O) groups excluding carboxylic acids is 1. The van der Waals surface area contributed by atoms with Gasteiger partial charge in [-0.2, -0.15) is 0 Å². The highest BCUT2D eigenvalue weighted by molar-refractivity contribution is 7.09. The van der Waals surface area contributed by atoms with Crippen LogP contribution in [0.25, 0.3) is 0 Å². The third-order valence-electron chi connectivity index (χ3n) is 3.16. The van der Waals surface area contributed by atoms with Crippen LogP contribution in [0, 0.1) is 5.92 Å². The number of carboxylic acid groups (broad SMARTS) is 1. The van der Waals surface area contributed by atoms with Crippen molar-refractivity contribution in [3.63, 3.8) is 0 Å². The van der Waals surface area contributed by atoms with Crippen LogP contribution in [0.5, 0.6) is 0 Å². The minimum Gasteiger partial charge on any atom is -0.481 e. The van der Waals surface area contributed by atoms with E-state index in [0.29, 0.717) is 32.4 Å². The molecule has 5 nitrogen and oxygen atoms in total. The third-order valence-corrected chi connectivity index (χ3v) is 4.00. The van der Waals surface area contributed by atoms with Crippen LogP contribution < -0.4 is 0 Å². The number of aryl methyl sites for hydroxylation is 1. The van der Waals surface area contributed by atoms with Crippen LogP contribution in [0.1, 0.15) is 24.3 Å². The summed E-state index contributed by atoms with van der Waals surface area (Å²) >= 11 is 1.54. The largest absolute Gasteiger partial charge is 0.481 e. The molecule has 1 aliphatic rings. The monoisotopic (exact) mass is 268 g/mol. The first-order chi connectivity index (χ1) is 8.66. The molecule has 1 aromatic heterocycles. The quantitative estimate of drug-likeness (QED) is 0.896. The van der Waals surface area contributed by atoms with Gasteiger partial charge in [-0.15, -0.1) is 11.3 Å². The minimum atomic E-state index is -0.799. The Morgan fingerprint density at radius 3 is 3.06 bits per heavy atom. The maximum Gasteiger partial charge on any atom is 0.308 e. The highest BCUT2D eigenvalue weighted by Crippen LogP contribution is 2.18. The molecule has 18 heavy (non-hydrogen) atoms. The number of likely N-dealkylation sites (tertiary alicyclic amines) is 1. The standard InChI is InChI=1S/C12H16N2O3S/c15-11(4-3-10-13-5-7-18-10)14-6-1-2-9(8-14)12(16)17/h5,7,9H,1-4,6,8H2,(H,16,17). The van der Waals surface area contributed by atoms with Crippen molar-refractivity contribution in [3.8, 4) is 0 Å². The molecule has 0 spiro atoms. The van der Waals surface area contributed by atoms with Crippen LogP contribution in [0.4, 0.5) is 0 Å². The molecular formula is C12H16N2O3S. The molecule has 98 valence electrons. The van der Waals surface area contributed by atoms with Gasteiger partial charge >= 0.3 is 5.97 Å². The van der Waals surface area contributed by atoms with Gasteiger partial charge in [0.15, 0.2) is 0 Å². The number of rotatable bonds is 4. The Labute approximate surface area is 109 Å². The van der Waals surface area contributed by atoms with E-state index in [9.17, 15) is 9.59 Å². The maximum absolute atomic E-state index is 12.0. The molecule has 0 bridgehead atoms. The van der Waals surface area contributed by atoms with Gasteiger partial charge in [0.1, 0.15) is 0 Å². The van der Waals surface area contributed by atoms with Crippen LogP contribution in [-0.4, -0.2) is 40.0 Å². The summed E-state index contributed by atoms with van der Waals surface area (Å²) in [6, 6.07) is 0. The predicted molar refractivity (Wildman–Crippen MR) is 67.4 cm³/mol. The lowest BCUT2D eigenvalue weighted by Crippen LogP contribution is -2.42. The third kappa shape index (κ3) is 3.29. The van der Waals surface area contributed by atoms with Crippen LogP contribution in [-0.2, 0) is 16.0 Å². The summed E-state index contributed by atoms with van der Waals surface area (Å²) in [5, 5.41) is 11.8. The fraction of sp³-hybridized carbons (Fsp3) is 0.583. The first-order valence-electron chi connectivity index (χ1n) is 6.06. The molecule has 6 heteroatoms. The number of aliphatic carboxylic acids is 1. The Kier molecular flexibility index (Phi) is 4.30. The summed E-state index contributed by atoms with van der Waals surface area (Å²) in [6.07, 6.45) is 4.24. The smallest absolute Gasteiger partial charge is 0.308 e. The summed E-state index contributed by atoms with van der Waals surface area (Å²) in [4.78, 5) is 28.7. The minimum absolute atomic E-state index is 0.0381. The Bertz CT molecular complexity index is 419. The van der Waals surface area contributed by atoms with Crippen molar-refractivity contribution >= 4 is 23.2 Å². The summed E-state index contributed by atoms with van der Waals surface area (Å²) in [7, 11) is 0. The molecule has 1 amide bonds. The summed E-state index contributed by atoms with van der Waals surface area (Å²) < 4.78 is 0. The van der Waals surface area contributed by atoms with Gasteiger partial charge in [-0.1, -0.05) is 0 Å². The van der Waals surface area contributed by atoms with Gasteiger partial charge in [-0.05, 0) is 12.8 Å². The van der Waals surface area contributed by atoms with E-state index in [4.69, 9.17) is 5.11 Å². The highest BCUT2D eigenvalue weighted by Gasteiger charge is 2.27.